The number of hydrogen-bond acceptors (Lipinski definition) is 5. The van der Waals surface area contributed by atoms with E-state index in [-0.39, 0.29) is 12.3 Å². The molecule has 0 aliphatic heterocycles. The minimum Gasteiger partial charge on any atom is -0.389 e. The average molecular weight is 339 g/mol. The van der Waals surface area contributed by atoms with Crippen LogP contribution in [0, 0.1) is 0 Å². The van der Waals surface area contributed by atoms with Crippen molar-refractivity contribution < 1.29 is 9.90 Å². The number of anilines is 1. The summed E-state index contributed by atoms with van der Waals surface area (Å²) >= 11 is 1.47. The van der Waals surface area contributed by atoms with Crippen molar-refractivity contribution in [1.82, 2.24) is 9.97 Å². The lowest BCUT2D eigenvalue weighted by atomic mass is 10.1. The van der Waals surface area contributed by atoms with Crippen LogP contribution < -0.4 is 5.32 Å². The van der Waals surface area contributed by atoms with Crippen molar-refractivity contribution in [2.75, 3.05) is 5.32 Å². The molecule has 0 aliphatic rings. The maximum atomic E-state index is 12.3. The Bertz CT molecular complexity index is 831. The minimum atomic E-state index is -0.642. The standard InChI is InChI=1S/C18H17N3O2S/c1-12(22)14-6-2-3-7-15(14)21-17(23)10-13-11-24-18(20-13)16-8-4-5-9-19-16/h2-9,11-12,22H,10H2,1H3,(H,21,23). The summed E-state index contributed by atoms with van der Waals surface area (Å²) in [4.78, 5) is 21.0. The molecule has 3 aromatic rings. The molecule has 5 nitrogen and oxygen atoms in total. The molecule has 0 spiro atoms. The van der Waals surface area contributed by atoms with E-state index in [1.807, 2.05) is 35.7 Å². The predicted octanol–water partition coefficient (Wildman–Crippen LogP) is 3.44. The zero-order valence-electron chi connectivity index (χ0n) is 13.1. The highest BCUT2D eigenvalue weighted by Crippen LogP contribution is 2.24. The zero-order valence-corrected chi connectivity index (χ0v) is 14.0. The molecule has 3 rings (SSSR count). The van der Waals surface area contributed by atoms with Crippen LogP contribution in [-0.2, 0) is 11.2 Å². The van der Waals surface area contributed by atoms with Gasteiger partial charge in [-0.25, -0.2) is 4.98 Å². The first-order chi connectivity index (χ1) is 11.6. The van der Waals surface area contributed by atoms with E-state index in [1.54, 1.807) is 25.3 Å². The third-order valence-electron chi connectivity index (χ3n) is 3.46. The third-order valence-corrected chi connectivity index (χ3v) is 4.38. The van der Waals surface area contributed by atoms with Gasteiger partial charge < -0.3 is 10.4 Å². The molecule has 0 aliphatic carbocycles. The second-order valence-corrected chi connectivity index (χ2v) is 6.21. The van der Waals surface area contributed by atoms with Crippen LogP contribution >= 0.6 is 11.3 Å². The van der Waals surface area contributed by atoms with E-state index < -0.39 is 6.10 Å². The molecule has 0 bridgehead atoms. The minimum absolute atomic E-state index is 0.166. The largest absolute Gasteiger partial charge is 0.389 e. The van der Waals surface area contributed by atoms with Crippen molar-refractivity contribution in [3.05, 3.63) is 65.3 Å². The number of nitrogens with one attached hydrogen (secondary N) is 1. The van der Waals surface area contributed by atoms with E-state index in [4.69, 9.17) is 0 Å². The SMILES string of the molecule is CC(O)c1ccccc1NC(=O)Cc1csc(-c2ccccn2)n1. The van der Waals surface area contributed by atoms with Gasteiger partial charge in [0.15, 0.2) is 0 Å². The summed E-state index contributed by atoms with van der Waals surface area (Å²) in [5.74, 6) is -0.166. The molecule has 1 amide bonds. The number of aliphatic hydroxyl groups is 1. The first-order valence-corrected chi connectivity index (χ1v) is 8.44. The molecule has 2 heterocycles. The fourth-order valence-corrected chi connectivity index (χ4v) is 3.12. The summed E-state index contributed by atoms with van der Waals surface area (Å²) < 4.78 is 0. The molecule has 0 radical (unpaired) electrons. The van der Waals surface area contributed by atoms with Crippen LogP contribution in [0.5, 0.6) is 0 Å². The summed E-state index contributed by atoms with van der Waals surface area (Å²) in [7, 11) is 0. The first-order valence-electron chi connectivity index (χ1n) is 7.56. The van der Waals surface area contributed by atoms with Crippen LogP contribution in [0.25, 0.3) is 10.7 Å². The fraction of sp³-hybridized carbons (Fsp3) is 0.167. The molecular weight excluding hydrogens is 322 g/mol. The van der Waals surface area contributed by atoms with Gasteiger partial charge >= 0.3 is 0 Å². The number of benzene rings is 1. The third kappa shape index (κ3) is 3.84. The number of thiazole rings is 1. The number of hydrogen-bond donors (Lipinski definition) is 2. The molecule has 24 heavy (non-hydrogen) atoms. The van der Waals surface area contributed by atoms with Crippen LogP contribution in [0.3, 0.4) is 0 Å². The van der Waals surface area contributed by atoms with Gasteiger partial charge in [-0.3, -0.25) is 9.78 Å². The first kappa shape index (κ1) is 16.3. The van der Waals surface area contributed by atoms with Crippen molar-refractivity contribution in [2.45, 2.75) is 19.4 Å². The molecule has 2 N–H and O–H groups in total. The second kappa shape index (κ2) is 7.33. The maximum absolute atomic E-state index is 12.3. The van der Waals surface area contributed by atoms with Crippen LogP contribution in [0.2, 0.25) is 0 Å². The van der Waals surface area contributed by atoms with Gasteiger partial charge in [-0.2, -0.15) is 0 Å². The number of aliphatic hydroxyl groups excluding tert-OH is 1. The normalized spacial score (nSPS) is 11.9. The van der Waals surface area contributed by atoms with Gasteiger partial charge in [-0.15, -0.1) is 11.3 Å². The number of pyridine rings is 1. The van der Waals surface area contributed by atoms with Gasteiger partial charge in [0.2, 0.25) is 5.91 Å². The van der Waals surface area contributed by atoms with E-state index in [0.29, 0.717) is 16.9 Å². The Balaban J connectivity index is 1.69. The zero-order chi connectivity index (χ0) is 16.9. The monoisotopic (exact) mass is 339 g/mol. The summed E-state index contributed by atoms with van der Waals surface area (Å²) in [6.45, 7) is 1.67. The Morgan fingerprint density at radius 3 is 2.79 bits per heavy atom. The molecule has 0 fully saturated rings. The van der Waals surface area contributed by atoms with Crippen LogP contribution in [-0.4, -0.2) is 21.0 Å². The number of nitrogens with zero attached hydrogens (tertiary/aromatic N) is 2. The van der Waals surface area contributed by atoms with Gasteiger partial charge in [-0.1, -0.05) is 24.3 Å². The number of amides is 1. The number of aromatic nitrogens is 2. The number of para-hydroxylation sites is 1. The Hall–Kier alpha value is -2.57. The number of rotatable bonds is 5. The lowest BCUT2D eigenvalue weighted by molar-refractivity contribution is -0.115. The summed E-state index contributed by atoms with van der Waals surface area (Å²) in [6, 6.07) is 12.9. The molecule has 1 unspecified atom stereocenters. The lowest BCUT2D eigenvalue weighted by Crippen LogP contribution is -2.16. The quantitative estimate of drug-likeness (QED) is 0.747. The Labute approximate surface area is 144 Å². The van der Waals surface area contributed by atoms with E-state index >= 15 is 0 Å². The van der Waals surface area contributed by atoms with Gasteiger partial charge in [0.25, 0.3) is 0 Å². The summed E-state index contributed by atoms with van der Waals surface area (Å²) in [5.41, 5.74) is 2.82. The van der Waals surface area contributed by atoms with Crippen LogP contribution in [0.15, 0.2) is 54.0 Å². The van der Waals surface area contributed by atoms with Crippen LogP contribution in [0.1, 0.15) is 24.3 Å². The van der Waals surface area contributed by atoms with Crippen molar-refractivity contribution in [1.29, 1.82) is 0 Å². The van der Waals surface area contributed by atoms with E-state index in [0.717, 1.165) is 10.7 Å². The Morgan fingerprint density at radius 1 is 1.25 bits per heavy atom. The van der Waals surface area contributed by atoms with E-state index in [1.165, 1.54) is 11.3 Å². The van der Waals surface area contributed by atoms with Crippen molar-refractivity contribution >= 4 is 22.9 Å². The molecule has 1 atom stereocenters. The topological polar surface area (TPSA) is 75.1 Å². The van der Waals surface area contributed by atoms with Gasteiger partial charge in [0, 0.05) is 22.8 Å². The lowest BCUT2D eigenvalue weighted by Gasteiger charge is -2.12. The maximum Gasteiger partial charge on any atom is 0.230 e. The average Bonchev–Trinajstić information content (AvgIpc) is 3.04. The second-order valence-electron chi connectivity index (χ2n) is 5.35. The van der Waals surface area contributed by atoms with Crippen molar-refractivity contribution in [3.63, 3.8) is 0 Å². The van der Waals surface area contributed by atoms with Crippen molar-refractivity contribution in [2.24, 2.45) is 0 Å². The van der Waals surface area contributed by atoms with E-state index in [9.17, 15) is 9.90 Å². The predicted molar refractivity (Wildman–Crippen MR) is 94.8 cm³/mol. The Kier molecular flexibility index (Phi) is 4.98. The molecule has 2 aromatic heterocycles. The van der Waals surface area contributed by atoms with Crippen LogP contribution in [0.4, 0.5) is 5.69 Å². The molecule has 6 heteroatoms. The van der Waals surface area contributed by atoms with Gasteiger partial charge in [0.05, 0.1) is 23.9 Å². The molecule has 0 saturated heterocycles. The highest BCUT2D eigenvalue weighted by atomic mass is 32.1. The highest BCUT2D eigenvalue weighted by Gasteiger charge is 2.13. The molecule has 1 aromatic carbocycles. The molecule has 122 valence electrons. The van der Waals surface area contributed by atoms with Crippen molar-refractivity contribution in [3.8, 4) is 10.7 Å². The fourth-order valence-electron chi connectivity index (χ4n) is 2.33. The summed E-state index contributed by atoms with van der Waals surface area (Å²) in [6.07, 6.45) is 1.25. The number of carbonyl (C=O) groups is 1. The summed E-state index contributed by atoms with van der Waals surface area (Å²) in [5, 5.41) is 15.3. The number of carbonyl (C=O) groups excluding carboxylic acids is 1. The van der Waals surface area contributed by atoms with Gasteiger partial charge in [-0.05, 0) is 25.1 Å². The molecular formula is C18H17N3O2S. The smallest absolute Gasteiger partial charge is 0.230 e. The van der Waals surface area contributed by atoms with E-state index in [2.05, 4.69) is 15.3 Å². The highest BCUT2D eigenvalue weighted by molar-refractivity contribution is 7.13. The molecule has 0 saturated carbocycles. The Morgan fingerprint density at radius 2 is 2.04 bits per heavy atom. The van der Waals surface area contributed by atoms with Gasteiger partial charge in [0.1, 0.15) is 5.01 Å².